The Morgan fingerprint density at radius 3 is 2.60 bits per heavy atom. The molecule has 0 saturated heterocycles. The first-order valence-electron chi connectivity index (χ1n) is 8.74. The molecule has 0 saturated carbocycles. The predicted molar refractivity (Wildman–Crippen MR) is 107 cm³/mol. The van der Waals surface area contributed by atoms with E-state index >= 15 is 0 Å². The minimum Gasteiger partial charge on any atom is -0.466 e. The summed E-state index contributed by atoms with van der Waals surface area (Å²) >= 11 is 1.68. The van der Waals surface area contributed by atoms with Gasteiger partial charge >= 0.3 is 5.97 Å². The Kier molecular flexibility index (Phi) is 6.07. The molecule has 0 aliphatic heterocycles. The summed E-state index contributed by atoms with van der Waals surface area (Å²) < 4.78 is 12.9. The van der Waals surface area contributed by atoms with Crippen LogP contribution in [0.3, 0.4) is 0 Å². The van der Waals surface area contributed by atoms with Crippen LogP contribution in [-0.4, -0.2) is 25.9 Å². The predicted octanol–water partition coefficient (Wildman–Crippen LogP) is 5.62. The molecule has 0 radical (unpaired) electrons. The number of aryl methyl sites for hydroxylation is 1. The molecule has 4 nitrogen and oxygen atoms in total. The van der Waals surface area contributed by atoms with E-state index in [1.165, 1.54) is 0 Å². The van der Waals surface area contributed by atoms with Gasteiger partial charge in [-0.05, 0) is 49.7 Å². The van der Waals surface area contributed by atoms with Gasteiger partial charge in [0, 0.05) is 0 Å². The van der Waals surface area contributed by atoms with E-state index in [0.29, 0.717) is 6.61 Å². The number of carbonyl (C=O) groups is 1. The molecule has 0 spiro atoms. The van der Waals surface area contributed by atoms with Crippen LogP contribution in [0.1, 0.15) is 50.8 Å². The first-order chi connectivity index (χ1) is 11.5. The van der Waals surface area contributed by atoms with Gasteiger partial charge in [-0.3, -0.25) is 4.79 Å². The van der Waals surface area contributed by atoms with E-state index in [9.17, 15) is 4.79 Å². The number of rotatable bonds is 6. The Morgan fingerprint density at radius 2 is 2.00 bits per heavy atom. The van der Waals surface area contributed by atoms with Crippen molar-refractivity contribution in [2.75, 3.05) is 6.61 Å². The number of hydrogen-bond donors (Lipinski definition) is 0. The van der Waals surface area contributed by atoms with E-state index in [2.05, 4.69) is 57.0 Å². The minimum absolute atomic E-state index is 0.0707. The second kappa shape index (κ2) is 7.56. The lowest BCUT2D eigenvalue weighted by Gasteiger charge is -2.39. The molecule has 1 aromatic heterocycles. The van der Waals surface area contributed by atoms with Crippen LogP contribution < -0.4 is 0 Å². The number of carbonyl (C=O) groups excluding carboxylic acids is 1. The van der Waals surface area contributed by atoms with Gasteiger partial charge in [-0.1, -0.05) is 26.8 Å². The number of benzene rings is 1. The van der Waals surface area contributed by atoms with Gasteiger partial charge in [-0.25, -0.2) is 4.98 Å². The van der Waals surface area contributed by atoms with Gasteiger partial charge < -0.3 is 9.16 Å². The molecule has 1 heterocycles. The number of fused-ring (bicyclic) bond motifs is 1. The van der Waals surface area contributed by atoms with E-state index in [0.717, 1.165) is 20.8 Å². The molecule has 0 amide bonds. The van der Waals surface area contributed by atoms with E-state index in [1.54, 1.807) is 11.3 Å². The first kappa shape index (κ1) is 20.1. The SMILES string of the molecule is CCOC(=O)C[C@H](O[Si](C)(C)C(C)(C)C)c1ccc2sc(C)nc2c1. The van der Waals surface area contributed by atoms with Gasteiger partial charge in [0.2, 0.25) is 0 Å². The summed E-state index contributed by atoms with van der Waals surface area (Å²) in [4.78, 5) is 16.7. The summed E-state index contributed by atoms with van der Waals surface area (Å²) in [6, 6.07) is 6.18. The standard InChI is InChI=1S/C19H29NO3SSi/c1-8-22-18(21)12-16(23-25(6,7)19(3,4)5)14-9-10-17-15(11-14)20-13(2)24-17/h9-11,16H,8,12H2,1-7H3/t16-/m0/s1. The van der Waals surface area contributed by atoms with Crippen LogP contribution in [0.25, 0.3) is 10.2 Å². The molecule has 0 fully saturated rings. The molecule has 1 aromatic carbocycles. The molecular weight excluding hydrogens is 350 g/mol. The smallest absolute Gasteiger partial charge is 0.308 e. The van der Waals surface area contributed by atoms with Gasteiger partial charge in [-0.15, -0.1) is 11.3 Å². The molecule has 2 rings (SSSR count). The quantitative estimate of drug-likeness (QED) is 0.483. The Labute approximate surface area is 155 Å². The summed E-state index contributed by atoms with van der Waals surface area (Å²) in [5.41, 5.74) is 1.96. The molecule has 0 aliphatic carbocycles. The number of nitrogens with zero attached hydrogens (tertiary/aromatic N) is 1. The first-order valence-corrected chi connectivity index (χ1v) is 12.5. The number of aromatic nitrogens is 1. The Balaban J connectivity index is 2.36. The van der Waals surface area contributed by atoms with Crippen molar-refractivity contribution in [1.82, 2.24) is 4.98 Å². The molecule has 1 atom stereocenters. The zero-order valence-corrected chi connectivity index (χ0v) is 18.1. The van der Waals surface area contributed by atoms with Crippen molar-refractivity contribution in [3.63, 3.8) is 0 Å². The lowest BCUT2D eigenvalue weighted by atomic mass is 10.1. The molecular formula is C19H29NO3SSi. The van der Waals surface area contributed by atoms with Crippen molar-refractivity contribution in [3.8, 4) is 0 Å². The summed E-state index contributed by atoms with van der Waals surface area (Å²) in [5.74, 6) is -0.222. The largest absolute Gasteiger partial charge is 0.466 e. The van der Waals surface area contributed by atoms with Gasteiger partial charge in [0.05, 0.1) is 34.4 Å². The summed E-state index contributed by atoms with van der Waals surface area (Å²) in [6.07, 6.45) is -0.0686. The Morgan fingerprint density at radius 1 is 1.32 bits per heavy atom. The van der Waals surface area contributed by atoms with Crippen LogP contribution >= 0.6 is 11.3 Å². The van der Waals surface area contributed by atoms with E-state index in [1.807, 2.05) is 13.8 Å². The number of hydrogen-bond acceptors (Lipinski definition) is 5. The molecule has 25 heavy (non-hydrogen) atoms. The molecule has 0 N–H and O–H groups in total. The van der Waals surface area contributed by atoms with E-state index in [4.69, 9.17) is 9.16 Å². The zero-order valence-electron chi connectivity index (χ0n) is 16.3. The third-order valence-corrected chi connectivity index (χ3v) is 10.2. The highest BCUT2D eigenvalue weighted by Gasteiger charge is 2.40. The molecule has 2 aromatic rings. The molecule has 0 unspecified atom stereocenters. The second-order valence-electron chi connectivity index (χ2n) is 7.84. The monoisotopic (exact) mass is 379 g/mol. The van der Waals surface area contributed by atoms with Crippen LogP contribution in [0.4, 0.5) is 0 Å². The van der Waals surface area contributed by atoms with E-state index < -0.39 is 8.32 Å². The van der Waals surface area contributed by atoms with Crippen LogP contribution in [-0.2, 0) is 14.0 Å². The lowest BCUT2D eigenvalue weighted by Crippen LogP contribution is -2.42. The lowest BCUT2D eigenvalue weighted by molar-refractivity contribution is -0.145. The van der Waals surface area contributed by atoms with Gasteiger partial charge in [-0.2, -0.15) is 0 Å². The molecule has 0 aliphatic rings. The third kappa shape index (κ3) is 4.89. The Bertz CT molecular complexity index is 749. The van der Waals surface area contributed by atoms with Crippen molar-refractivity contribution in [3.05, 3.63) is 28.8 Å². The fraction of sp³-hybridized carbons (Fsp3) is 0.579. The van der Waals surface area contributed by atoms with Gasteiger partial charge in [0.25, 0.3) is 0 Å². The Hall–Kier alpha value is -1.24. The van der Waals surface area contributed by atoms with Gasteiger partial charge in [0.15, 0.2) is 8.32 Å². The number of thiazole rings is 1. The van der Waals surface area contributed by atoms with E-state index in [-0.39, 0.29) is 23.5 Å². The topological polar surface area (TPSA) is 48.4 Å². The maximum Gasteiger partial charge on any atom is 0.308 e. The second-order valence-corrected chi connectivity index (χ2v) is 13.8. The van der Waals surface area contributed by atoms with Crippen LogP contribution in [0, 0.1) is 6.92 Å². The zero-order chi connectivity index (χ0) is 18.8. The van der Waals surface area contributed by atoms with Crippen LogP contribution in [0.5, 0.6) is 0 Å². The fourth-order valence-electron chi connectivity index (χ4n) is 2.39. The summed E-state index contributed by atoms with van der Waals surface area (Å²) in [7, 11) is -2.03. The van der Waals surface area contributed by atoms with Crippen LogP contribution in [0.2, 0.25) is 18.1 Å². The third-order valence-electron chi connectivity index (χ3n) is 4.79. The maximum atomic E-state index is 12.1. The van der Waals surface area contributed by atoms with Crippen LogP contribution in [0.15, 0.2) is 18.2 Å². The van der Waals surface area contributed by atoms with Crippen molar-refractivity contribution >= 4 is 35.8 Å². The summed E-state index contributed by atoms with van der Waals surface area (Å²) in [5, 5.41) is 1.11. The normalized spacial score (nSPS) is 13.9. The highest BCUT2D eigenvalue weighted by atomic mass is 32.1. The number of esters is 1. The molecule has 138 valence electrons. The minimum atomic E-state index is -2.03. The average Bonchev–Trinajstić information content (AvgIpc) is 2.84. The van der Waals surface area contributed by atoms with Crippen molar-refractivity contribution in [2.45, 2.75) is 65.3 Å². The maximum absolute atomic E-state index is 12.1. The van der Waals surface area contributed by atoms with Gasteiger partial charge in [0.1, 0.15) is 0 Å². The summed E-state index contributed by atoms with van der Waals surface area (Å²) in [6.45, 7) is 15.2. The van der Waals surface area contributed by atoms with Crippen molar-refractivity contribution < 1.29 is 14.0 Å². The number of ether oxygens (including phenoxy) is 1. The highest BCUT2D eigenvalue weighted by Crippen LogP contribution is 2.41. The van der Waals surface area contributed by atoms with Crippen molar-refractivity contribution in [2.24, 2.45) is 0 Å². The average molecular weight is 380 g/mol. The fourth-order valence-corrected chi connectivity index (χ4v) is 4.48. The van der Waals surface area contributed by atoms with Crippen molar-refractivity contribution in [1.29, 1.82) is 0 Å². The molecule has 0 bridgehead atoms. The molecule has 6 heteroatoms. The highest BCUT2D eigenvalue weighted by molar-refractivity contribution is 7.18.